The number of nitrogens with two attached hydrogens (primary N) is 1. The lowest BCUT2D eigenvalue weighted by molar-refractivity contribution is 0.416. The van der Waals surface area contributed by atoms with Crippen molar-refractivity contribution < 1.29 is 4.74 Å². The van der Waals surface area contributed by atoms with Crippen LogP contribution in [0.5, 0.6) is 5.75 Å². The van der Waals surface area contributed by atoms with E-state index in [9.17, 15) is 0 Å². The second kappa shape index (κ2) is 3.79. The van der Waals surface area contributed by atoms with Gasteiger partial charge in [-0.05, 0) is 0 Å². The van der Waals surface area contributed by atoms with Crippen molar-refractivity contribution >= 4 is 17.0 Å². The maximum absolute atomic E-state index is 8.33. The fraction of sp³-hybridized carbons (Fsp3) is 0.125. The van der Waals surface area contributed by atoms with Crippen molar-refractivity contribution in [3.63, 3.8) is 0 Å². The van der Waals surface area contributed by atoms with E-state index in [4.69, 9.17) is 15.7 Å². The van der Waals surface area contributed by atoms with Crippen molar-refractivity contribution in [3.8, 4) is 11.8 Å². The summed E-state index contributed by atoms with van der Waals surface area (Å²) in [5.41, 5.74) is 6.04. The van der Waals surface area contributed by atoms with E-state index in [0.717, 1.165) is 10.6 Å². The van der Waals surface area contributed by atoms with E-state index in [2.05, 4.69) is 0 Å². The Hall–Kier alpha value is -1.47. The number of ether oxygens (including phenoxy) is 1. The SMILES string of the molecule is COc1csc(/C(N)=C/C#N)c1. The fourth-order valence-electron chi connectivity index (χ4n) is 0.718. The Morgan fingerprint density at radius 2 is 2.58 bits per heavy atom. The zero-order valence-corrected chi connectivity index (χ0v) is 7.39. The average Bonchev–Trinajstić information content (AvgIpc) is 2.52. The van der Waals surface area contributed by atoms with Crippen LogP contribution in [0, 0.1) is 11.3 Å². The molecule has 1 rings (SSSR count). The molecule has 12 heavy (non-hydrogen) atoms. The smallest absolute Gasteiger partial charge is 0.130 e. The zero-order chi connectivity index (χ0) is 8.97. The minimum Gasteiger partial charge on any atom is -0.496 e. The first kappa shape index (κ1) is 8.62. The van der Waals surface area contributed by atoms with E-state index in [1.807, 2.05) is 11.4 Å². The highest BCUT2D eigenvalue weighted by molar-refractivity contribution is 7.11. The second-order valence-corrected chi connectivity index (χ2v) is 2.99. The molecule has 0 radical (unpaired) electrons. The topological polar surface area (TPSA) is 59.0 Å². The Bertz CT molecular complexity index is 335. The van der Waals surface area contributed by atoms with Gasteiger partial charge >= 0.3 is 0 Å². The lowest BCUT2D eigenvalue weighted by atomic mass is 10.3. The van der Waals surface area contributed by atoms with Gasteiger partial charge in [0.05, 0.1) is 23.8 Å². The number of methoxy groups -OCH3 is 1. The fourth-order valence-corrected chi connectivity index (χ4v) is 1.50. The monoisotopic (exact) mass is 180 g/mol. The number of rotatable bonds is 2. The number of allylic oxidation sites excluding steroid dienone is 1. The van der Waals surface area contributed by atoms with Crippen LogP contribution >= 0.6 is 11.3 Å². The molecule has 4 heteroatoms. The largest absolute Gasteiger partial charge is 0.496 e. The maximum atomic E-state index is 8.33. The minimum absolute atomic E-state index is 0.478. The first-order chi connectivity index (χ1) is 5.77. The first-order valence-electron chi connectivity index (χ1n) is 3.26. The van der Waals surface area contributed by atoms with Crippen molar-refractivity contribution in [1.82, 2.24) is 0 Å². The normalized spacial score (nSPS) is 10.8. The molecule has 1 aromatic heterocycles. The highest BCUT2D eigenvalue weighted by Crippen LogP contribution is 2.24. The van der Waals surface area contributed by atoms with E-state index in [0.29, 0.717) is 5.70 Å². The quantitative estimate of drug-likeness (QED) is 0.703. The summed E-state index contributed by atoms with van der Waals surface area (Å²) in [7, 11) is 1.59. The van der Waals surface area contributed by atoms with Gasteiger partial charge in [-0.2, -0.15) is 5.26 Å². The van der Waals surface area contributed by atoms with E-state index in [1.54, 1.807) is 13.2 Å². The van der Waals surface area contributed by atoms with Crippen LogP contribution in [0.4, 0.5) is 0 Å². The molecule has 2 N–H and O–H groups in total. The predicted molar refractivity (Wildman–Crippen MR) is 48.6 cm³/mol. The summed E-state index contributed by atoms with van der Waals surface area (Å²) in [4.78, 5) is 0.855. The zero-order valence-electron chi connectivity index (χ0n) is 6.57. The van der Waals surface area contributed by atoms with Gasteiger partial charge in [-0.1, -0.05) is 0 Å². The van der Waals surface area contributed by atoms with Gasteiger partial charge < -0.3 is 10.5 Å². The molecule has 0 fully saturated rings. The highest BCUT2D eigenvalue weighted by Gasteiger charge is 2.01. The summed E-state index contributed by atoms with van der Waals surface area (Å²) in [5.74, 6) is 0.768. The van der Waals surface area contributed by atoms with Crippen LogP contribution in [0.25, 0.3) is 5.70 Å². The van der Waals surface area contributed by atoms with Gasteiger partial charge in [0, 0.05) is 17.5 Å². The van der Waals surface area contributed by atoms with E-state index in [-0.39, 0.29) is 0 Å². The number of nitrogens with zero attached hydrogens (tertiary/aromatic N) is 1. The van der Waals surface area contributed by atoms with Crippen LogP contribution in [-0.2, 0) is 0 Å². The molecule has 0 saturated carbocycles. The van der Waals surface area contributed by atoms with Crippen LogP contribution in [-0.4, -0.2) is 7.11 Å². The Balaban J connectivity index is 2.90. The van der Waals surface area contributed by atoms with Crippen molar-refractivity contribution in [1.29, 1.82) is 5.26 Å². The molecule has 0 atom stereocenters. The Labute approximate surface area is 74.7 Å². The maximum Gasteiger partial charge on any atom is 0.130 e. The molecule has 0 aromatic carbocycles. The lowest BCUT2D eigenvalue weighted by Crippen LogP contribution is -1.91. The molecule has 3 nitrogen and oxygen atoms in total. The molecular weight excluding hydrogens is 172 g/mol. The third-order valence-corrected chi connectivity index (χ3v) is 2.27. The van der Waals surface area contributed by atoms with E-state index >= 15 is 0 Å². The molecule has 0 saturated heterocycles. The highest BCUT2D eigenvalue weighted by atomic mass is 32.1. The molecular formula is C8H8N2OS. The van der Waals surface area contributed by atoms with Gasteiger partial charge in [0.1, 0.15) is 5.75 Å². The van der Waals surface area contributed by atoms with Gasteiger partial charge in [0.15, 0.2) is 0 Å². The summed E-state index contributed by atoms with van der Waals surface area (Å²) >= 11 is 1.45. The van der Waals surface area contributed by atoms with Gasteiger partial charge in [0.25, 0.3) is 0 Å². The number of hydrogen-bond donors (Lipinski definition) is 1. The molecule has 62 valence electrons. The second-order valence-electron chi connectivity index (χ2n) is 2.08. The van der Waals surface area contributed by atoms with E-state index < -0.39 is 0 Å². The third kappa shape index (κ3) is 1.77. The number of nitriles is 1. The molecule has 0 spiro atoms. The molecule has 0 amide bonds. The van der Waals surface area contributed by atoms with Gasteiger partial charge in [-0.3, -0.25) is 0 Å². The Morgan fingerprint density at radius 1 is 1.83 bits per heavy atom. The Kier molecular flexibility index (Phi) is 2.72. The summed E-state index contributed by atoms with van der Waals surface area (Å²) in [6, 6.07) is 3.67. The van der Waals surface area contributed by atoms with Crippen LogP contribution in [0.15, 0.2) is 17.5 Å². The minimum atomic E-state index is 0.478. The average molecular weight is 180 g/mol. The lowest BCUT2D eigenvalue weighted by Gasteiger charge is -1.92. The number of hydrogen-bond acceptors (Lipinski definition) is 4. The van der Waals surface area contributed by atoms with Crippen molar-refractivity contribution in [3.05, 3.63) is 22.4 Å². The molecule has 0 aliphatic rings. The van der Waals surface area contributed by atoms with Crippen LogP contribution in [0.1, 0.15) is 4.88 Å². The van der Waals surface area contributed by atoms with Crippen LogP contribution < -0.4 is 10.5 Å². The number of thiophene rings is 1. The van der Waals surface area contributed by atoms with Crippen molar-refractivity contribution in [2.24, 2.45) is 5.73 Å². The summed E-state index contributed by atoms with van der Waals surface area (Å²) in [5, 5.41) is 10.2. The van der Waals surface area contributed by atoms with Gasteiger partial charge in [-0.25, -0.2) is 0 Å². The Morgan fingerprint density at radius 3 is 3.08 bits per heavy atom. The third-order valence-electron chi connectivity index (χ3n) is 1.32. The summed E-state index contributed by atoms with van der Waals surface area (Å²) < 4.78 is 4.97. The van der Waals surface area contributed by atoms with Crippen molar-refractivity contribution in [2.75, 3.05) is 7.11 Å². The standard InChI is InChI=1S/C8H8N2OS/c1-11-6-4-8(12-5-6)7(10)2-3-9/h2,4-5H,10H2,1H3/b7-2-. The molecule has 0 bridgehead atoms. The van der Waals surface area contributed by atoms with Gasteiger partial charge in [-0.15, -0.1) is 11.3 Å². The molecule has 1 aromatic rings. The molecule has 0 aliphatic carbocycles. The molecule has 0 aliphatic heterocycles. The molecule has 0 unspecified atom stereocenters. The van der Waals surface area contributed by atoms with Crippen molar-refractivity contribution in [2.45, 2.75) is 0 Å². The first-order valence-corrected chi connectivity index (χ1v) is 4.14. The van der Waals surface area contributed by atoms with Gasteiger partial charge in [0.2, 0.25) is 0 Å². The molecule has 1 heterocycles. The van der Waals surface area contributed by atoms with Crippen LogP contribution in [0.3, 0.4) is 0 Å². The van der Waals surface area contributed by atoms with E-state index in [1.165, 1.54) is 17.4 Å². The van der Waals surface area contributed by atoms with Crippen LogP contribution in [0.2, 0.25) is 0 Å². The summed E-state index contributed by atoms with van der Waals surface area (Å²) in [6.45, 7) is 0. The summed E-state index contributed by atoms with van der Waals surface area (Å²) in [6.07, 6.45) is 1.31. The predicted octanol–water partition coefficient (Wildman–Crippen LogP) is 1.58.